The molecule has 1 fully saturated rings. The molecule has 0 spiro atoms. The minimum absolute atomic E-state index is 0.271. The molecule has 1 rings (SSSR count). The summed E-state index contributed by atoms with van der Waals surface area (Å²) in [6, 6.07) is 0.319. The van der Waals surface area contributed by atoms with Crippen LogP contribution in [0.4, 0.5) is 0 Å². The maximum atomic E-state index is 6.90. The Hall–Kier alpha value is -0.740. The second kappa shape index (κ2) is 5.09. The summed E-state index contributed by atoms with van der Waals surface area (Å²) in [5.74, 6) is 0. The topological polar surface area (TPSA) is 71.1 Å². The summed E-state index contributed by atoms with van der Waals surface area (Å²) < 4.78 is 5.19. The monoisotopic (exact) mass is 203 g/mol. The molecule has 0 saturated carbocycles. The summed E-state index contributed by atoms with van der Waals surface area (Å²) in [5, 5.41) is 10.3. The average molecular weight is 204 g/mol. The Morgan fingerprint density at radius 2 is 2.15 bits per heavy atom. The molecule has 0 amide bonds. The highest BCUT2D eigenvalue weighted by Gasteiger charge is 2.14. The zero-order valence-electron chi connectivity index (χ0n) is 7.35. The molecular formula is C8H14ClN3O. The summed E-state index contributed by atoms with van der Waals surface area (Å²) >= 11 is 5.82. The number of allylic oxidation sites excluding steroid dienone is 1. The van der Waals surface area contributed by atoms with E-state index < -0.39 is 0 Å². The second-order valence-corrected chi connectivity index (χ2v) is 3.32. The van der Waals surface area contributed by atoms with Crippen molar-refractivity contribution in [2.75, 3.05) is 13.2 Å². The smallest absolute Gasteiger partial charge is 0.127 e. The van der Waals surface area contributed by atoms with Gasteiger partial charge in [0, 0.05) is 25.5 Å². The van der Waals surface area contributed by atoms with E-state index in [0.29, 0.717) is 11.2 Å². The van der Waals surface area contributed by atoms with Gasteiger partial charge in [-0.3, -0.25) is 0 Å². The van der Waals surface area contributed by atoms with Gasteiger partial charge in [0.1, 0.15) is 5.16 Å². The van der Waals surface area contributed by atoms with Crippen LogP contribution in [0.15, 0.2) is 10.9 Å². The van der Waals surface area contributed by atoms with Gasteiger partial charge in [0.05, 0.1) is 5.70 Å². The first-order chi connectivity index (χ1) is 6.24. The molecule has 0 bridgehead atoms. The lowest BCUT2D eigenvalue weighted by molar-refractivity contribution is 0.0808. The van der Waals surface area contributed by atoms with E-state index in [4.69, 9.17) is 27.5 Å². The molecule has 74 valence electrons. The van der Waals surface area contributed by atoms with E-state index in [1.807, 2.05) is 0 Å². The van der Waals surface area contributed by atoms with Gasteiger partial charge in [0.2, 0.25) is 0 Å². The highest BCUT2D eigenvalue weighted by atomic mass is 35.5. The Labute approximate surface area is 82.6 Å². The van der Waals surface area contributed by atoms with Gasteiger partial charge in [0.25, 0.3) is 0 Å². The summed E-state index contributed by atoms with van der Waals surface area (Å²) in [7, 11) is 0. The van der Waals surface area contributed by atoms with E-state index in [1.165, 1.54) is 0 Å². The van der Waals surface area contributed by atoms with E-state index in [1.54, 1.807) is 0 Å². The molecule has 0 radical (unpaired) electrons. The molecule has 4 nitrogen and oxygen atoms in total. The van der Waals surface area contributed by atoms with Crippen LogP contribution >= 0.6 is 11.6 Å². The number of nitrogens with one attached hydrogen (secondary N) is 2. The quantitative estimate of drug-likeness (QED) is 0.469. The van der Waals surface area contributed by atoms with Crippen LogP contribution in [-0.2, 0) is 4.74 Å². The summed E-state index contributed by atoms with van der Waals surface area (Å²) in [4.78, 5) is 0. The number of hydrogen-bond donors (Lipinski definition) is 3. The Morgan fingerprint density at radius 1 is 1.54 bits per heavy atom. The Morgan fingerprint density at radius 3 is 2.69 bits per heavy atom. The molecule has 1 saturated heterocycles. The number of nitrogens with two attached hydrogens (primary N) is 1. The van der Waals surface area contributed by atoms with E-state index >= 15 is 0 Å². The van der Waals surface area contributed by atoms with Crippen LogP contribution in [0.25, 0.3) is 0 Å². The largest absolute Gasteiger partial charge is 0.395 e. The summed E-state index contributed by atoms with van der Waals surface area (Å²) in [6.07, 6.45) is 2.90. The van der Waals surface area contributed by atoms with Crippen molar-refractivity contribution < 1.29 is 4.74 Å². The van der Waals surface area contributed by atoms with E-state index in [0.717, 1.165) is 32.3 Å². The molecule has 0 aliphatic carbocycles. The predicted molar refractivity (Wildman–Crippen MR) is 52.8 cm³/mol. The summed E-state index contributed by atoms with van der Waals surface area (Å²) in [6.45, 7) is 1.51. The van der Waals surface area contributed by atoms with Crippen molar-refractivity contribution in [3.8, 4) is 0 Å². The Kier molecular flexibility index (Phi) is 4.05. The Bertz CT molecular complexity index is 211. The highest BCUT2D eigenvalue weighted by molar-refractivity contribution is 6.30. The zero-order valence-corrected chi connectivity index (χ0v) is 8.10. The molecule has 1 aliphatic rings. The molecular weight excluding hydrogens is 190 g/mol. The molecule has 0 atom stereocenters. The van der Waals surface area contributed by atoms with Crippen molar-refractivity contribution in [2.45, 2.75) is 18.9 Å². The summed E-state index contributed by atoms with van der Waals surface area (Å²) in [5.41, 5.74) is 5.72. The first-order valence-corrected chi connectivity index (χ1v) is 4.62. The van der Waals surface area contributed by atoms with Crippen LogP contribution in [0.2, 0.25) is 0 Å². The van der Waals surface area contributed by atoms with Crippen LogP contribution in [-0.4, -0.2) is 25.5 Å². The van der Waals surface area contributed by atoms with Crippen LogP contribution < -0.4 is 11.1 Å². The maximum Gasteiger partial charge on any atom is 0.127 e. The van der Waals surface area contributed by atoms with E-state index in [2.05, 4.69) is 5.32 Å². The van der Waals surface area contributed by atoms with Gasteiger partial charge >= 0.3 is 0 Å². The standard InChI is InChI=1S/C8H14ClN3O/c9-8(7(11)5-10)12-6-1-3-13-4-2-6/h5-6,10,12H,1-4,11H2/b8-7+,10-5?. The molecule has 4 N–H and O–H groups in total. The molecule has 1 aliphatic heterocycles. The van der Waals surface area contributed by atoms with Crippen molar-refractivity contribution in [1.29, 1.82) is 5.41 Å². The predicted octanol–water partition coefficient (Wildman–Crippen LogP) is 0.771. The lowest BCUT2D eigenvalue weighted by atomic mass is 10.1. The fraction of sp³-hybridized carbons (Fsp3) is 0.625. The van der Waals surface area contributed by atoms with Crippen LogP contribution in [0.3, 0.4) is 0 Å². The van der Waals surface area contributed by atoms with Crippen molar-refractivity contribution in [1.82, 2.24) is 5.32 Å². The number of ether oxygens (including phenoxy) is 1. The number of rotatable bonds is 3. The van der Waals surface area contributed by atoms with Crippen LogP contribution in [0.1, 0.15) is 12.8 Å². The van der Waals surface area contributed by atoms with Crippen molar-refractivity contribution in [3.63, 3.8) is 0 Å². The van der Waals surface area contributed by atoms with Crippen LogP contribution in [0.5, 0.6) is 0 Å². The first kappa shape index (κ1) is 10.3. The van der Waals surface area contributed by atoms with Gasteiger partial charge < -0.3 is 21.2 Å². The third kappa shape index (κ3) is 3.24. The fourth-order valence-corrected chi connectivity index (χ4v) is 1.38. The number of halogens is 1. The molecule has 5 heteroatoms. The minimum Gasteiger partial charge on any atom is -0.395 e. The van der Waals surface area contributed by atoms with Gasteiger partial charge in [-0.15, -0.1) is 0 Å². The van der Waals surface area contributed by atoms with Gasteiger partial charge in [0.15, 0.2) is 0 Å². The Balaban J connectivity index is 2.42. The SMILES string of the molecule is N=C/C(N)=C(/Cl)NC1CCOCC1. The molecule has 0 aromatic heterocycles. The molecule has 0 unspecified atom stereocenters. The fourth-order valence-electron chi connectivity index (χ4n) is 1.17. The van der Waals surface area contributed by atoms with E-state index in [-0.39, 0.29) is 5.70 Å². The van der Waals surface area contributed by atoms with Crippen molar-refractivity contribution >= 4 is 17.8 Å². The maximum absolute atomic E-state index is 6.90. The van der Waals surface area contributed by atoms with Gasteiger partial charge in [-0.1, -0.05) is 11.6 Å². The zero-order chi connectivity index (χ0) is 9.68. The highest BCUT2D eigenvalue weighted by Crippen LogP contribution is 2.10. The first-order valence-electron chi connectivity index (χ1n) is 4.24. The second-order valence-electron chi connectivity index (χ2n) is 2.94. The van der Waals surface area contributed by atoms with Gasteiger partial charge in [-0.2, -0.15) is 0 Å². The molecule has 0 aromatic rings. The van der Waals surface area contributed by atoms with Crippen molar-refractivity contribution in [3.05, 3.63) is 10.9 Å². The van der Waals surface area contributed by atoms with Gasteiger partial charge in [-0.25, -0.2) is 0 Å². The third-order valence-electron chi connectivity index (χ3n) is 1.96. The normalized spacial score (nSPS) is 20.7. The lowest BCUT2D eigenvalue weighted by Gasteiger charge is -2.23. The van der Waals surface area contributed by atoms with E-state index in [9.17, 15) is 0 Å². The van der Waals surface area contributed by atoms with Gasteiger partial charge in [-0.05, 0) is 12.8 Å². The lowest BCUT2D eigenvalue weighted by Crippen LogP contribution is -2.34. The van der Waals surface area contributed by atoms with Crippen LogP contribution in [0, 0.1) is 5.41 Å². The molecule has 1 heterocycles. The van der Waals surface area contributed by atoms with Crippen molar-refractivity contribution in [2.24, 2.45) is 5.73 Å². The minimum atomic E-state index is 0.271. The average Bonchev–Trinajstić information content (AvgIpc) is 2.18. The molecule has 0 aromatic carbocycles. The third-order valence-corrected chi connectivity index (χ3v) is 2.29. The number of hydrogen-bond acceptors (Lipinski definition) is 4. The molecule has 13 heavy (non-hydrogen) atoms.